The van der Waals surface area contributed by atoms with Gasteiger partial charge in [0, 0.05) is 24.1 Å². The van der Waals surface area contributed by atoms with Crippen LogP contribution in [0.2, 0.25) is 0 Å². The first-order chi connectivity index (χ1) is 7.27. The Balaban J connectivity index is 2.51. The molecule has 3 heteroatoms. The molecular formula is C12H21NOS. The average molecular weight is 227 g/mol. The summed E-state index contributed by atoms with van der Waals surface area (Å²) in [5.41, 5.74) is 0. The minimum Gasteiger partial charge on any atom is -0.383 e. The van der Waals surface area contributed by atoms with E-state index in [4.69, 9.17) is 4.74 Å². The van der Waals surface area contributed by atoms with E-state index in [9.17, 15) is 0 Å². The number of methoxy groups -OCH3 is 1. The Morgan fingerprint density at radius 1 is 1.53 bits per heavy atom. The summed E-state index contributed by atoms with van der Waals surface area (Å²) < 4.78 is 5.14. The van der Waals surface area contributed by atoms with Crippen LogP contribution in [0.1, 0.15) is 37.6 Å². The Hall–Kier alpha value is -0.380. The summed E-state index contributed by atoms with van der Waals surface area (Å²) in [6.07, 6.45) is 2.39. The van der Waals surface area contributed by atoms with Gasteiger partial charge in [-0.05, 0) is 24.8 Å². The van der Waals surface area contributed by atoms with Gasteiger partial charge in [0.15, 0.2) is 0 Å². The monoisotopic (exact) mass is 227 g/mol. The van der Waals surface area contributed by atoms with Gasteiger partial charge in [0.25, 0.3) is 0 Å². The number of rotatable bonds is 7. The predicted molar refractivity (Wildman–Crippen MR) is 66.4 cm³/mol. The summed E-state index contributed by atoms with van der Waals surface area (Å²) in [5, 5.41) is 5.75. The van der Waals surface area contributed by atoms with E-state index in [0.717, 1.165) is 6.61 Å². The predicted octanol–water partition coefficient (Wildman–Crippen LogP) is 3.21. The van der Waals surface area contributed by atoms with Gasteiger partial charge >= 0.3 is 0 Å². The lowest BCUT2D eigenvalue weighted by atomic mass is 10.1. The molecule has 1 rings (SSSR count). The first kappa shape index (κ1) is 12.7. The molecule has 0 fully saturated rings. The molecule has 1 aromatic rings. The molecule has 0 aromatic carbocycles. The number of ether oxygens (including phenoxy) is 1. The highest BCUT2D eigenvalue weighted by atomic mass is 32.1. The van der Waals surface area contributed by atoms with Crippen molar-refractivity contribution in [2.75, 3.05) is 13.7 Å². The van der Waals surface area contributed by atoms with E-state index in [-0.39, 0.29) is 0 Å². The largest absolute Gasteiger partial charge is 0.383 e. The second kappa shape index (κ2) is 6.99. The molecule has 0 amide bonds. The standard InChI is InChI=1S/C12H21NOS/c1-4-6-11(12-7-5-8-15-12)13-10(2)9-14-3/h5,7-8,10-11,13H,4,6,9H2,1-3H3. The normalized spacial score (nSPS) is 15.1. The first-order valence-electron chi connectivity index (χ1n) is 5.56. The van der Waals surface area contributed by atoms with Gasteiger partial charge in [-0.15, -0.1) is 11.3 Å². The lowest BCUT2D eigenvalue weighted by Crippen LogP contribution is -2.33. The zero-order valence-electron chi connectivity index (χ0n) is 9.82. The smallest absolute Gasteiger partial charge is 0.0613 e. The zero-order valence-corrected chi connectivity index (χ0v) is 10.6. The summed E-state index contributed by atoms with van der Waals surface area (Å²) in [4.78, 5) is 1.43. The second-order valence-electron chi connectivity index (χ2n) is 3.88. The van der Waals surface area contributed by atoms with Gasteiger partial charge in [0.2, 0.25) is 0 Å². The highest BCUT2D eigenvalue weighted by Gasteiger charge is 2.13. The van der Waals surface area contributed by atoms with Crippen molar-refractivity contribution in [3.05, 3.63) is 22.4 Å². The van der Waals surface area contributed by atoms with E-state index in [1.807, 2.05) is 11.3 Å². The lowest BCUT2D eigenvalue weighted by Gasteiger charge is -2.21. The quantitative estimate of drug-likeness (QED) is 0.772. The maximum Gasteiger partial charge on any atom is 0.0613 e. The molecule has 2 nitrogen and oxygen atoms in total. The maximum atomic E-state index is 5.14. The zero-order chi connectivity index (χ0) is 11.1. The molecule has 0 spiro atoms. The molecule has 0 saturated carbocycles. The van der Waals surface area contributed by atoms with E-state index in [1.165, 1.54) is 17.7 Å². The average Bonchev–Trinajstić information content (AvgIpc) is 2.70. The van der Waals surface area contributed by atoms with Crippen LogP contribution in [0.3, 0.4) is 0 Å². The van der Waals surface area contributed by atoms with Crippen LogP contribution in [0.4, 0.5) is 0 Å². The summed E-state index contributed by atoms with van der Waals surface area (Å²) in [6.45, 7) is 5.16. The van der Waals surface area contributed by atoms with E-state index in [1.54, 1.807) is 7.11 Å². The Labute approximate surface area is 96.7 Å². The van der Waals surface area contributed by atoms with Crippen molar-refractivity contribution in [2.24, 2.45) is 0 Å². The van der Waals surface area contributed by atoms with Gasteiger partial charge in [-0.2, -0.15) is 0 Å². The summed E-state index contributed by atoms with van der Waals surface area (Å²) >= 11 is 1.83. The van der Waals surface area contributed by atoms with Gasteiger partial charge in [0.05, 0.1) is 6.61 Å². The molecule has 0 bridgehead atoms. The van der Waals surface area contributed by atoms with Crippen molar-refractivity contribution < 1.29 is 4.74 Å². The number of hydrogen-bond donors (Lipinski definition) is 1. The van der Waals surface area contributed by atoms with Crippen molar-refractivity contribution in [1.29, 1.82) is 0 Å². The van der Waals surface area contributed by atoms with Crippen molar-refractivity contribution in [3.8, 4) is 0 Å². The van der Waals surface area contributed by atoms with Crippen LogP contribution in [-0.2, 0) is 4.74 Å². The fourth-order valence-electron chi connectivity index (χ4n) is 1.73. The van der Waals surface area contributed by atoms with E-state index in [2.05, 4.69) is 36.7 Å². The summed E-state index contributed by atoms with van der Waals surface area (Å²) in [7, 11) is 1.75. The molecule has 2 unspecified atom stereocenters. The molecule has 0 aliphatic rings. The Morgan fingerprint density at radius 3 is 2.87 bits per heavy atom. The SMILES string of the molecule is CCCC(NC(C)COC)c1cccs1. The van der Waals surface area contributed by atoms with Crippen LogP contribution in [-0.4, -0.2) is 19.8 Å². The number of hydrogen-bond acceptors (Lipinski definition) is 3. The molecular weight excluding hydrogens is 206 g/mol. The molecule has 15 heavy (non-hydrogen) atoms. The van der Waals surface area contributed by atoms with E-state index < -0.39 is 0 Å². The molecule has 86 valence electrons. The van der Waals surface area contributed by atoms with E-state index >= 15 is 0 Å². The third kappa shape index (κ3) is 4.33. The van der Waals surface area contributed by atoms with E-state index in [0.29, 0.717) is 12.1 Å². The topological polar surface area (TPSA) is 21.3 Å². The van der Waals surface area contributed by atoms with Crippen LogP contribution < -0.4 is 5.32 Å². The molecule has 0 radical (unpaired) electrons. The fraction of sp³-hybridized carbons (Fsp3) is 0.667. The van der Waals surface area contributed by atoms with Crippen molar-refractivity contribution >= 4 is 11.3 Å². The highest BCUT2D eigenvalue weighted by molar-refractivity contribution is 7.10. The van der Waals surface area contributed by atoms with Gasteiger partial charge in [-0.3, -0.25) is 0 Å². The Kier molecular flexibility index (Phi) is 5.91. The molecule has 0 saturated heterocycles. The minimum atomic E-state index is 0.411. The summed E-state index contributed by atoms with van der Waals surface area (Å²) in [6, 6.07) is 5.22. The van der Waals surface area contributed by atoms with Gasteiger partial charge < -0.3 is 10.1 Å². The van der Waals surface area contributed by atoms with Crippen LogP contribution in [0, 0.1) is 0 Å². The number of thiophene rings is 1. The molecule has 1 heterocycles. The summed E-state index contributed by atoms with van der Waals surface area (Å²) in [5.74, 6) is 0. The molecule has 0 aliphatic carbocycles. The van der Waals surface area contributed by atoms with Crippen LogP contribution in [0.25, 0.3) is 0 Å². The fourth-order valence-corrected chi connectivity index (χ4v) is 2.55. The van der Waals surface area contributed by atoms with Crippen LogP contribution >= 0.6 is 11.3 Å². The Morgan fingerprint density at radius 2 is 2.33 bits per heavy atom. The van der Waals surface area contributed by atoms with Crippen molar-refractivity contribution in [1.82, 2.24) is 5.32 Å². The molecule has 1 N–H and O–H groups in total. The minimum absolute atomic E-state index is 0.411. The molecule has 1 aromatic heterocycles. The highest BCUT2D eigenvalue weighted by Crippen LogP contribution is 2.23. The van der Waals surface area contributed by atoms with Gasteiger partial charge in [0.1, 0.15) is 0 Å². The first-order valence-corrected chi connectivity index (χ1v) is 6.44. The van der Waals surface area contributed by atoms with Crippen LogP contribution in [0.5, 0.6) is 0 Å². The maximum absolute atomic E-state index is 5.14. The Bertz CT molecular complexity index is 248. The second-order valence-corrected chi connectivity index (χ2v) is 4.86. The third-order valence-electron chi connectivity index (χ3n) is 2.37. The molecule has 0 aliphatic heterocycles. The number of nitrogens with one attached hydrogen (secondary N) is 1. The van der Waals surface area contributed by atoms with Gasteiger partial charge in [-0.1, -0.05) is 19.4 Å². The third-order valence-corrected chi connectivity index (χ3v) is 3.35. The lowest BCUT2D eigenvalue weighted by molar-refractivity contribution is 0.166. The van der Waals surface area contributed by atoms with Crippen molar-refractivity contribution in [2.45, 2.75) is 38.8 Å². The van der Waals surface area contributed by atoms with Crippen LogP contribution in [0.15, 0.2) is 17.5 Å². The van der Waals surface area contributed by atoms with Gasteiger partial charge in [-0.25, -0.2) is 0 Å². The van der Waals surface area contributed by atoms with Crippen molar-refractivity contribution in [3.63, 3.8) is 0 Å². The molecule has 2 atom stereocenters.